The third kappa shape index (κ3) is 4.32. The van der Waals surface area contributed by atoms with Gasteiger partial charge in [0, 0.05) is 18.6 Å². The first kappa shape index (κ1) is 14.5. The molecule has 106 valence electrons. The summed E-state index contributed by atoms with van der Waals surface area (Å²) in [5.74, 6) is 0.802. The number of hydrogen-bond acceptors (Lipinski definition) is 2. The van der Waals surface area contributed by atoms with Crippen molar-refractivity contribution in [2.45, 2.75) is 64.0 Å². The van der Waals surface area contributed by atoms with Crippen LogP contribution in [0.2, 0.25) is 0 Å². The minimum Gasteiger partial charge on any atom is -0.329 e. The highest BCUT2D eigenvalue weighted by Gasteiger charge is 2.16. The molecule has 1 fully saturated rings. The SMILES string of the molecule is CC(C)(CN)NCc1ccc(C2CCCCC2)cc1. The number of nitrogens with one attached hydrogen (secondary N) is 1. The molecule has 1 aromatic carbocycles. The zero-order valence-electron chi connectivity index (χ0n) is 12.4. The summed E-state index contributed by atoms with van der Waals surface area (Å²) in [6.07, 6.45) is 6.97. The van der Waals surface area contributed by atoms with Crippen molar-refractivity contribution in [2.75, 3.05) is 6.54 Å². The van der Waals surface area contributed by atoms with E-state index >= 15 is 0 Å². The maximum atomic E-state index is 5.73. The molecule has 1 aliphatic carbocycles. The molecule has 0 saturated heterocycles. The molecule has 2 heteroatoms. The Morgan fingerprint density at radius 1 is 1.11 bits per heavy atom. The van der Waals surface area contributed by atoms with Gasteiger partial charge in [0.05, 0.1) is 0 Å². The maximum absolute atomic E-state index is 5.73. The minimum absolute atomic E-state index is 0.0159. The van der Waals surface area contributed by atoms with Crippen LogP contribution in [0.15, 0.2) is 24.3 Å². The van der Waals surface area contributed by atoms with Crippen LogP contribution in [0.25, 0.3) is 0 Å². The summed E-state index contributed by atoms with van der Waals surface area (Å²) >= 11 is 0. The molecule has 0 spiro atoms. The number of benzene rings is 1. The summed E-state index contributed by atoms with van der Waals surface area (Å²) in [6.45, 7) is 5.84. The van der Waals surface area contributed by atoms with Gasteiger partial charge in [-0.25, -0.2) is 0 Å². The van der Waals surface area contributed by atoms with Gasteiger partial charge in [-0.05, 0) is 43.7 Å². The van der Waals surface area contributed by atoms with E-state index in [2.05, 4.69) is 43.4 Å². The molecule has 1 saturated carbocycles. The topological polar surface area (TPSA) is 38.0 Å². The average Bonchev–Trinajstić information content (AvgIpc) is 2.47. The summed E-state index contributed by atoms with van der Waals surface area (Å²) in [7, 11) is 0. The van der Waals surface area contributed by atoms with Gasteiger partial charge in [0.15, 0.2) is 0 Å². The van der Waals surface area contributed by atoms with Gasteiger partial charge in [-0.2, -0.15) is 0 Å². The molecule has 19 heavy (non-hydrogen) atoms. The van der Waals surface area contributed by atoms with Crippen molar-refractivity contribution < 1.29 is 0 Å². The van der Waals surface area contributed by atoms with Gasteiger partial charge in [0.25, 0.3) is 0 Å². The highest BCUT2D eigenvalue weighted by Crippen LogP contribution is 2.32. The van der Waals surface area contributed by atoms with Gasteiger partial charge in [-0.3, -0.25) is 0 Å². The molecule has 2 nitrogen and oxygen atoms in total. The Morgan fingerprint density at radius 3 is 2.32 bits per heavy atom. The van der Waals surface area contributed by atoms with E-state index in [4.69, 9.17) is 5.73 Å². The van der Waals surface area contributed by atoms with Crippen LogP contribution in [0.3, 0.4) is 0 Å². The Bertz CT molecular complexity index is 375. The van der Waals surface area contributed by atoms with E-state index in [1.807, 2.05) is 0 Å². The Morgan fingerprint density at radius 2 is 1.74 bits per heavy atom. The molecule has 0 amide bonds. The predicted octanol–water partition coefficient (Wildman–Crippen LogP) is 3.56. The lowest BCUT2D eigenvalue weighted by Gasteiger charge is -2.25. The van der Waals surface area contributed by atoms with E-state index in [1.54, 1.807) is 0 Å². The first-order valence-corrected chi connectivity index (χ1v) is 7.65. The lowest BCUT2D eigenvalue weighted by molar-refractivity contribution is 0.396. The Hall–Kier alpha value is -0.860. The number of hydrogen-bond donors (Lipinski definition) is 2. The van der Waals surface area contributed by atoms with Crippen molar-refractivity contribution in [3.63, 3.8) is 0 Å². The molecule has 3 N–H and O–H groups in total. The van der Waals surface area contributed by atoms with Crippen molar-refractivity contribution in [3.05, 3.63) is 35.4 Å². The van der Waals surface area contributed by atoms with Crippen LogP contribution in [0, 0.1) is 0 Å². The lowest BCUT2D eigenvalue weighted by Crippen LogP contribution is -2.45. The molecule has 0 atom stereocenters. The van der Waals surface area contributed by atoms with E-state index in [1.165, 1.54) is 43.2 Å². The average molecular weight is 260 g/mol. The van der Waals surface area contributed by atoms with Gasteiger partial charge in [-0.15, -0.1) is 0 Å². The minimum atomic E-state index is 0.0159. The normalized spacial score (nSPS) is 17.6. The van der Waals surface area contributed by atoms with Gasteiger partial charge >= 0.3 is 0 Å². The summed E-state index contributed by atoms with van der Waals surface area (Å²) in [5.41, 5.74) is 8.62. The quantitative estimate of drug-likeness (QED) is 0.849. The fourth-order valence-electron chi connectivity index (χ4n) is 2.76. The van der Waals surface area contributed by atoms with E-state index in [0.29, 0.717) is 6.54 Å². The summed E-state index contributed by atoms with van der Waals surface area (Å²) in [5, 5.41) is 3.50. The summed E-state index contributed by atoms with van der Waals surface area (Å²) < 4.78 is 0. The number of rotatable bonds is 5. The second-order valence-corrected chi connectivity index (χ2v) is 6.52. The largest absolute Gasteiger partial charge is 0.329 e. The third-order valence-electron chi connectivity index (χ3n) is 4.34. The zero-order valence-corrected chi connectivity index (χ0v) is 12.4. The molecule has 0 radical (unpaired) electrons. The fraction of sp³-hybridized carbons (Fsp3) is 0.647. The fourth-order valence-corrected chi connectivity index (χ4v) is 2.76. The van der Waals surface area contributed by atoms with Crippen LogP contribution >= 0.6 is 0 Å². The molecule has 0 bridgehead atoms. The maximum Gasteiger partial charge on any atom is 0.0250 e. The third-order valence-corrected chi connectivity index (χ3v) is 4.34. The monoisotopic (exact) mass is 260 g/mol. The van der Waals surface area contributed by atoms with Crippen LogP contribution < -0.4 is 11.1 Å². The Balaban J connectivity index is 1.91. The molecular formula is C17H28N2. The molecular weight excluding hydrogens is 232 g/mol. The molecule has 1 aromatic rings. The van der Waals surface area contributed by atoms with Gasteiger partial charge in [0.1, 0.15) is 0 Å². The van der Waals surface area contributed by atoms with Crippen molar-refractivity contribution in [2.24, 2.45) is 5.73 Å². The summed E-state index contributed by atoms with van der Waals surface area (Å²) in [6, 6.07) is 9.18. The van der Waals surface area contributed by atoms with Gasteiger partial charge in [-0.1, -0.05) is 43.5 Å². The predicted molar refractivity (Wildman–Crippen MR) is 82.2 cm³/mol. The van der Waals surface area contributed by atoms with E-state index in [0.717, 1.165) is 12.5 Å². The zero-order chi connectivity index (χ0) is 13.7. The van der Waals surface area contributed by atoms with Crippen LogP contribution in [0.4, 0.5) is 0 Å². The lowest BCUT2D eigenvalue weighted by atomic mass is 9.84. The summed E-state index contributed by atoms with van der Waals surface area (Å²) in [4.78, 5) is 0. The van der Waals surface area contributed by atoms with Crippen molar-refractivity contribution in [3.8, 4) is 0 Å². The van der Waals surface area contributed by atoms with E-state index in [9.17, 15) is 0 Å². The number of nitrogens with two attached hydrogens (primary N) is 1. The molecule has 0 aliphatic heterocycles. The molecule has 1 aliphatic rings. The van der Waals surface area contributed by atoms with Crippen LogP contribution in [-0.2, 0) is 6.54 Å². The molecule has 0 aromatic heterocycles. The van der Waals surface area contributed by atoms with Gasteiger partial charge in [0.2, 0.25) is 0 Å². The van der Waals surface area contributed by atoms with Crippen LogP contribution in [0.1, 0.15) is 63.0 Å². The first-order valence-electron chi connectivity index (χ1n) is 7.65. The Kier molecular flexibility index (Phi) is 5.00. The van der Waals surface area contributed by atoms with E-state index in [-0.39, 0.29) is 5.54 Å². The standard InChI is InChI=1S/C17H28N2/c1-17(2,13-18)19-12-14-8-10-16(11-9-14)15-6-4-3-5-7-15/h8-11,15,19H,3-7,12-13,18H2,1-2H3. The molecule has 2 rings (SSSR count). The highest BCUT2D eigenvalue weighted by atomic mass is 15.0. The van der Waals surface area contributed by atoms with E-state index < -0.39 is 0 Å². The van der Waals surface area contributed by atoms with Crippen LogP contribution in [-0.4, -0.2) is 12.1 Å². The second-order valence-electron chi connectivity index (χ2n) is 6.52. The smallest absolute Gasteiger partial charge is 0.0250 e. The molecule has 0 unspecified atom stereocenters. The van der Waals surface area contributed by atoms with Gasteiger partial charge < -0.3 is 11.1 Å². The Labute approximate surface area is 117 Å². The highest BCUT2D eigenvalue weighted by molar-refractivity contribution is 5.25. The van der Waals surface area contributed by atoms with Crippen molar-refractivity contribution in [1.82, 2.24) is 5.32 Å². The second kappa shape index (κ2) is 6.53. The van der Waals surface area contributed by atoms with Crippen molar-refractivity contribution >= 4 is 0 Å². The molecule has 0 heterocycles. The first-order chi connectivity index (χ1) is 9.11. The van der Waals surface area contributed by atoms with Crippen molar-refractivity contribution in [1.29, 1.82) is 0 Å². The van der Waals surface area contributed by atoms with Crippen LogP contribution in [0.5, 0.6) is 0 Å².